The van der Waals surface area contributed by atoms with E-state index in [2.05, 4.69) is 43.2 Å². The first kappa shape index (κ1) is 25.4. The summed E-state index contributed by atoms with van der Waals surface area (Å²) in [6.45, 7) is 5.25. The molecule has 0 amide bonds. The number of hydrogen-bond donors (Lipinski definition) is 3. The van der Waals surface area contributed by atoms with Gasteiger partial charge in [0, 0.05) is 37.1 Å². The molecule has 32 heavy (non-hydrogen) atoms. The molecule has 2 unspecified atom stereocenters. The first-order valence-corrected chi connectivity index (χ1v) is 12.3. The number of aryl methyl sites for hydroxylation is 1. The molecule has 1 saturated carbocycles. The number of rotatable bonds is 6. The molecule has 2 fully saturated rings. The zero-order valence-electron chi connectivity index (χ0n) is 19.0. The standard InChI is InChI=1S/C22H35N7OS.HI/c1-16-26-27-21(28(16)2)15-24-22(23-14-18-6-5-13-31-18)25-17-9-11-29(12-10-17)19-7-3-4-8-20(19)30;/h5-6,13,17,19-20,30H,3-4,7-12,14-15H2,1-2H3,(H2,23,24,25);1H. The van der Waals surface area contributed by atoms with E-state index in [9.17, 15) is 5.11 Å². The van der Waals surface area contributed by atoms with Crippen LogP contribution in [0.1, 0.15) is 55.1 Å². The van der Waals surface area contributed by atoms with Crippen molar-refractivity contribution in [2.75, 3.05) is 13.1 Å². The molecule has 1 aliphatic heterocycles. The molecule has 0 radical (unpaired) electrons. The molecule has 2 atom stereocenters. The van der Waals surface area contributed by atoms with E-state index in [1.165, 1.54) is 11.3 Å². The summed E-state index contributed by atoms with van der Waals surface area (Å²) in [5.74, 6) is 2.57. The van der Waals surface area contributed by atoms with Crippen LogP contribution in [0.3, 0.4) is 0 Å². The van der Waals surface area contributed by atoms with Gasteiger partial charge in [-0.05, 0) is 44.1 Å². The highest BCUT2D eigenvalue weighted by atomic mass is 127. The van der Waals surface area contributed by atoms with Gasteiger partial charge < -0.3 is 20.3 Å². The third-order valence-electron chi connectivity index (χ3n) is 6.60. The van der Waals surface area contributed by atoms with Gasteiger partial charge in [-0.15, -0.1) is 45.5 Å². The summed E-state index contributed by atoms with van der Waals surface area (Å²) >= 11 is 1.75. The van der Waals surface area contributed by atoms with E-state index < -0.39 is 0 Å². The average molecular weight is 574 g/mol. The van der Waals surface area contributed by atoms with Crippen LogP contribution in [0.15, 0.2) is 22.5 Å². The molecule has 0 aromatic carbocycles. The van der Waals surface area contributed by atoms with E-state index in [4.69, 9.17) is 4.99 Å². The lowest BCUT2D eigenvalue weighted by Crippen LogP contribution is -2.53. The molecular formula is C22H36IN7OS. The van der Waals surface area contributed by atoms with Crippen LogP contribution in [-0.4, -0.2) is 62.0 Å². The van der Waals surface area contributed by atoms with Crippen molar-refractivity contribution in [3.05, 3.63) is 34.0 Å². The van der Waals surface area contributed by atoms with Crippen LogP contribution in [0.5, 0.6) is 0 Å². The number of hydrogen-bond acceptors (Lipinski definition) is 6. The monoisotopic (exact) mass is 573 g/mol. The van der Waals surface area contributed by atoms with Crippen LogP contribution >= 0.6 is 35.3 Å². The molecular weight excluding hydrogens is 537 g/mol. The summed E-state index contributed by atoms with van der Waals surface area (Å²) in [6.07, 6.45) is 6.45. The average Bonchev–Trinajstić information content (AvgIpc) is 3.42. The summed E-state index contributed by atoms with van der Waals surface area (Å²) in [5, 5.41) is 28.0. The van der Waals surface area contributed by atoms with Crippen LogP contribution in [0.4, 0.5) is 0 Å². The Morgan fingerprint density at radius 2 is 2.00 bits per heavy atom. The van der Waals surface area contributed by atoms with E-state index >= 15 is 0 Å². The van der Waals surface area contributed by atoms with Gasteiger partial charge in [0.25, 0.3) is 0 Å². The zero-order valence-corrected chi connectivity index (χ0v) is 22.2. The molecule has 10 heteroatoms. The van der Waals surface area contributed by atoms with Gasteiger partial charge in [-0.3, -0.25) is 4.90 Å². The maximum absolute atomic E-state index is 10.4. The first-order valence-electron chi connectivity index (χ1n) is 11.4. The minimum absolute atomic E-state index is 0. The number of aliphatic hydroxyl groups excluding tert-OH is 1. The fraction of sp³-hybridized carbons (Fsp3) is 0.682. The lowest BCUT2D eigenvalue weighted by Gasteiger charge is -2.41. The number of thiophene rings is 1. The number of halogens is 1. The number of likely N-dealkylation sites (tertiary alicyclic amines) is 1. The number of aliphatic hydroxyl groups is 1. The first-order chi connectivity index (χ1) is 15.1. The van der Waals surface area contributed by atoms with E-state index in [1.54, 1.807) is 11.3 Å². The van der Waals surface area contributed by atoms with Gasteiger partial charge in [0.15, 0.2) is 11.8 Å². The molecule has 2 aromatic heterocycles. The second kappa shape index (κ2) is 12.3. The largest absolute Gasteiger partial charge is 0.391 e. The van der Waals surface area contributed by atoms with Gasteiger partial charge in [0.2, 0.25) is 0 Å². The van der Waals surface area contributed by atoms with E-state index in [-0.39, 0.29) is 30.1 Å². The fourth-order valence-electron chi connectivity index (χ4n) is 4.56. The topological polar surface area (TPSA) is 90.6 Å². The molecule has 2 aliphatic rings. The summed E-state index contributed by atoms with van der Waals surface area (Å²) in [4.78, 5) is 8.59. The molecule has 178 valence electrons. The van der Waals surface area contributed by atoms with Crippen molar-refractivity contribution in [1.82, 2.24) is 30.3 Å². The van der Waals surface area contributed by atoms with Crippen molar-refractivity contribution in [2.45, 2.75) is 76.7 Å². The number of aliphatic imine (C=N–C) groups is 1. The third kappa shape index (κ3) is 6.64. The number of piperidine rings is 1. The van der Waals surface area contributed by atoms with Crippen molar-refractivity contribution in [1.29, 1.82) is 0 Å². The maximum Gasteiger partial charge on any atom is 0.192 e. The van der Waals surface area contributed by atoms with Gasteiger partial charge in [-0.25, -0.2) is 4.99 Å². The summed E-state index contributed by atoms with van der Waals surface area (Å²) in [6, 6.07) is 4.94. The Morgan fingerprint density at radius 3 is 2.66 bits per heavy atom. The van der Waals surface area contributed by atoms with Crippen molar-refractivity contribution in [2.24, 2.45) is 12.0 Å². The van der Waals surface area contributed by atoms with Crippen LogP contribution in [0.2, 0.25) is 0 Å². The maximum atomic E-state index is 10.4. The van der Waals surface area contributed by atoms with Crippen LogP contribution < -0.4 is 10.6 Å². The van der Waals surface area contributed by atoms with Gasteiger partial charge in [-0.1, -0.05) is 18.9 Å². The number of aromatic nitrogens is 3. The minimum atomic E-state index is -0.155. The Kier molecular flexibility index (Phi) is 9.75. The summed E-state index contributed by atoms with van der Waals surface area (Å²) < 4.78 is 1.98. The molecule has 1 aliphatic carbocycles. The van der Waals surface area contributed by atoms with Crippen LogP contribution in [0.25, 0.3) is 0 Å². The van der Waals surface area contributed by atoms with E-state index in [0.29, 0.717) is 18.6 Å². The molecule has 3 N–H and O–H groups in total. The Labute approximate surface area is 211 Å². The molecule has 3 heterocycles. The predicted octanol–water partition coefficient (Wildman–Crippen LogP) is 2.81. The van der Waals surface area contributed by atoms with E-state index in [1.807, 2.05) is 18.5 Å². The highest BCUT2D eigenvalue weighted by Gasteiger charge is 2.31. The molecule has 8 nitrogen and oxygen atoms in total. The second-order valence-electron chi connectivity index (χ2n) is 8.69. The molecule has 4 rings (SSSR count). The Balaban J connectivity index is 0.00000289. The molecule has 2 aromatic rings. The van der Waals surface area contributed by atoms with Crippen LogP contribution in [-0.2, 0) is 20.1 Å². The zero-order chi connectivity index (χ0) is 21.6. The van der Waals surface area contributed by atoms with Gasteiger partial charge in [0.05, 0.1) is 12.6 Å². The number of nitrogens with one attached hydrogen (secondary N) is 2. The lowest BCUT2D eigenvalue weighted by molar-refractivity contribution is 0.00810. The minimum Gasteiger partial charge on any atom is -0.391 e. The van der Waals surface area contributed by atoms with Crippen molar-refractivity contribution >= 4 is 41.3 Å². The smallest absolute Gasteiger partial charge is 0.192 e. The molecule has 0 bridgehead atoms. The van der Waals surface area contributed by atoms with Gasteiger partial charge in [0.1, 0.15) is 12.4 Å². The SMILES string of the molecule is Cc1nnc(CN=C(NCc2cccs2)NC2CCN(C3CCCCC3O)CC2)n1C.I. The summed E-state index contributed by atoms with van der Waals surface area (Å²) in [7, 11) is 1.97. The third-order valence-corrected chi connectivity index (χ3v) is 7.48. The highest BCUT2D eigenvalue weighted by molar-refractivity contribution is 14.0. The van der Waals surface area contributed by atoms with Crippen molar-refractivity contribution < 1.29 is 5.11 Å². The fourth-order valence-corrected chi connectivity index (χ4v) is 5.21. The normalized spacial score (nSPS) is 23.0. The second-order valence-corrected chi connectivity index (χ2v) is 9.73. The van der Waals surface area contributed by atoms with Crippen LogP contribution in [0, 0.1) is 6.92 Å². The van der Waals surface area contributed by atoms with Gasteiger partial charge in [-0.2, -0.15) is 0 Å². The van der Waals surface area contributed by atoms with Crippen molar-refractivity contribution in [3.63, 3.8) is 0 Å². The Hall–Kier alpha value is -1.24. The number of guanidine groups is 1. The Bertz CT molecular complexity index is 849. The quantitative estimate of drug-likeness (QED) is 0.280. The summed E-state index contributed by atoms with van der Waals surface area (Å²) in [5.41, 5.74) is 0. The number of nitrogens with zero attached hydrogens (tertiary/aromatic N) is 5. The Morgan fingerprint density at radius 1 is 1.22 bits per heavy atom. The molecule has 1 saturated heterocycles. The van der Waals surface area contributed by atoms with E-state index in [0.717, 1.165) is 69.3 Å². The lowest BCUT2D eigenvalue weighted by atomic mass is 9.89. The predicted molar refractivity (Wildman–Crippen MR) is 139 cm³/mol. The van der Waals surface area contributed by atoms with Crippen molar-refractivity contribution in [3.8, 4) is 0 Å². The molecule has 0 spiro atoms. The van der Waals surface area contributed by atoms with Gasteiger partial charge >= 0.3 is 0 Å². The highest BCUT2D eigenvalue weighted by Crippen LogP contribution is 2.25.